The first-order valence-electron chi connectivity index (χ1n) is 13.8. The van der Waals surface area contributed by atoms with Gasteiger partial charge in [-0.2, -0.15) is 0 Å². The third kappa shape index (κ3) is 6.72. The molecule has 200 valence electrons. The van der Waals surface area contributed by atoms with E-state index in [0.29, 0.717) is 49.1 Å². The molecule has 1 aliphatic carbocycles. The lowest BCUT2D eigenvalue weighted by Gasteiger charge is -2.32. The van der Waals surface area contributed by atoms with Crippen LogP contribution in [0, 0.1) is 11.8 Å². The highest BCUT2D eigenvalue weighted by Gasteiger charge is 2.46. The summed E-state index contributed by atoms with van der Waals surface area (Å²) in [5.74, 6) is -0.0538. The fraction of sp³-hybridized carbons (Fsp3) is 0.548. The number of hydrogen-bond donors (Lipinski definition) is 2. The van der Waals surface area contributed by atoms with Crippen LogP contribution in [-0.2, 0) is 11.2 Å². The predicted octanol–water partition coefficient (Wildman–Crippen LogP) is 5.68. The second-order valence-electron chi connectivity index (χ2n) is 11.3. The van der Waals surface area contributed by atoms with E-state index in [1.807, 2.05) is 4.90 Å². The van der Waals surface area contributed by atoms with Crippen molar-refractivity contribution in [1.82, 2.24) is 4.90 Å². The number of aliphatic carboxylic acids is 1. The van der Waals surface area contributed by atoms with E-state index in [-0.39, 0.29) is 18.4 Å². The number of nitrogens with zero attached hydrogens (tertiary/aromatic N) is 1. The smallest absolute Gasteiger partial charge is 0.339 e. The van der Waals surface area contributed by atoms with Gasteiger partial charge in [-0.1, -0.05) is 57.0 Å². The Balaban J connectivity index is 1.34. The molecule has 0 radical (unpaired) electrons. The lowest BCUT2D eigenvalue weighted by Crippen LogP contribution is -2.50. The molecule has 2 aliphatic rings. The summed E-state index contributed by atoms with van der Waals surface area (Å²) in [5.41, 5.74) is 1.37. The van der Waals surface area contributed by atoms with Gasteiger partial charge in [0.05, 0.1) is 0 Å². The average molecular weight is 508 g/mol. The van der Waals surface area contributed by atoms with Gasteiger partial charge < -0.3 is 19.8 Å². The first-order valence-corrected chi connectivity index (χ1v) is 13.8. The fourth-order valence-electron chi connectivity index (χ4n) is 5.73. The van der Waals surface area contributed by atoms with Crippen LogP contribution in [0.5, 0.6) is 5.75 Å². The molecular formula is C31H41NO5. The van der Waals surface area contributed by atoms with Gasteiger partial charge in [0.25, 0.3) is 5.91 Å². The van der Waals surface area contributed by atoms with Crippen molar-refractivity contribution in [2.45, 2.75) is 76.7 Å². The van der Waals surface area contributed by atoms with Gasteiger partial charge in [-0.25, -0.2) is 4.79 Å². The largest absolute Gasteiger partial charge is 0.490 e. The molecule has 0 aromatic heterocycles. The molecule has 0 bridgehead atoms. The van der Waals surface area contributed by atoms with Gasteiger partial charge in [0.15, 0.2) is 5.60 Å². The van der Waals surface area contributed by atoms with Gasteiger partial charge in [0, 0.05) is 24.6 Å². The Bertz CT molecular complexity index is 1070. The highest BCUT2D eigenvalue weighted by atomic mass is 16.5. The van der Waals surface area contributed by atoms with Crippen molar-refractivity contribution in [1.29, 1.82) is 0 Å². The standard InChI is InChI=1S/C31H41NO5/c1-22(2)13-14-23-7-5-8-25(19-23)24-15-17-32(18-16-24)29(33)26-9-6-12-28(20-26)37-21-31(36,30(34)35)27-10-3-4-11-27/h5-9,12,19-20,22,24,27,36H,3-4,10-11,13-18,21H2,1-2H3,(H,34,35). The average Bonchev–Trinajstić information content (AvgIpc) is 3.46. The van der Waals surface area contributed by atoms with Crippen molar-refractivity contribution in [3.8, 4) is 5.75 Å². The molecule has 2 N–H and O–H groups in total. The summed E-state index contributed by atoms with van der Waals surface area (Å²) in [6, 6.07) is 15.8. The van der Waals surface area contributed by atoms with Crippen molar-refractivity contribution in [3.63, 3.8) is 0 Å². The van der Waals surface area contributed by atoms with E-state index in [4.69, 9.17) is 4.74 Å². The van der Waals surface area contributed by atoms with Crippen LogP contribution in [0.3, 0.4) is 0 Å². The molecule has 2 aromatic carbocycles. The Hall–Kier alpha value is -2.86. The zero-order chi connectivity index (χ0) is 26.4. The quantitative estimate of drug-likeness (QED) is 0.432. The van der Waals surface area contributed by atoms with Crippen LogP contribution in [0.15, 0.2) is 48.5 Å². The van der Waals surface area contributed by atoms with Crippen LogP contribution in [0.4, 0.5) is 0 Å². The van der Waals surface area contributed by atoms with Crippen LogP contribution in [0.2, 0.25) is 0 Å². The number of rotatable bonds is 10. The minimum absolute atomic E-state index is 0.0427. The number of carbonyl (C=O) groups excluding carboxylic acids is 1. The third-order valence-electron chi connectivity index (χ3n) is 8.16. The zero-order valence-corrected chi connectivity index (χ0v) is 22.2. The molecule has 2 aromatic rings. The number of carboxylic acid groups (broad SMARTS) is 1. The minimum atomic E-state index is -1.91. The van der Waals surface area contributed by atoms with Crippen LogP contribution in [-0.4, -0.2) is 52.3 Å². The van der Waals surface area contributed by atoms with Gasteiger partial charge in [-0.15, -0.1) is 0 Å². The second kappa shape index (κ2) is 12.1. The first-order chi connectivity index (χ1) is 17.8. The number of hydrogen-bond acceptors (Lipinski definition) is 4. The minimum Gasteiger partial charge on any atom is -0.490 e. The zero-order valence-electron chi connectivity index (χ0n) is 22.2. The fourth-order valence-corrected chi connectivity index (χ4v) is 5.73. The summed E-state index contributed by atoms with van der Waals surface area (Å²) in [4.78, 5) is 27.0. The Morgan fingerprint density at radius 1 is 1.03 bits per heavy atom. The van der Waals surface area contributed by atoms with Crippen molar-refractivity contribution in [2.75, 3.05) is 19.7 Å². The summed E-state index contributed by atoms with van der Waals surface area (Å²) in [6.45, 7) is 5.58. The molecule has 1 unspecified atom stereocenters. The first kappa shape index (κ1) is 27.2. The number of carboxylic acids is 1. The van der Waals surface area contributed by atoms with Gasteiger partial charge in [0.2, 0.25) is 0 Å². The van der Waals surface area contributed by atoms with Crippen LogP contribution < -0.4 is 4.74 Å². The highest BCUT2D eigenvalue weighted by Crippen LogP contribution is 2.35. The number of piperidine rings is 1. The molecule has 4 rings (SSSR count). The topological polar surface area (TPSA) is 87.1 Å². The molecule has 6 nitrogen and oxygen atoms in total. The summed E-state index contributed by atoms with van der Waals surface area (Å²) in [5, 5.41) is 20.5. The monoisotopic (exact) mass is 507 g/mol. The summed E-state index contributed by atoms with van der Waals surface area (Å²) in [6.07, 6.45) is 7.37. The third-order valence-corrected chi connectivity index (χ3v) is 8.16. The van der Waals surface area contributed by atoms with Gasteiger partial charge >= 0.3 is 5.97 Å². The van der Waals surface area contributed by atoms with Gasteiger partial charge in [0.1, 0.15) is 12.4 Å². The number of amides is 1. The second-order valence-corrected chi connectivity index (χ2v) is 11.3. The Morgan fingerprint density at radius 3 is 2.41 bits per heavy atom. The van der Waals surface area contributed by atoms with Gasteiger partial charge in [-0.3, -0.25) is 4.79 Å². The van der Waals surface area contributed by atoms with E-state index in [2.05, 4.69) is 38.1 Å². The van der Waals surface area contributed by atoms with Crippen LogP contribution in [0.25, 0.3) is 0 Å². The molecular weight excluding hydrogens is 466 g/mol. The lowest BCUT2D eigenvalue weighted by molar-refractivity contribution is -0.169. The Morgan fingerprint density at radius 2 is 1.73 bits per heavy atom. The van der Waals surface area contributed by atoms with Crippen molar-refractivity contribution < 1.29 is 24.5 Å². The maximum absolute atomic E-state index is 13.2. The number of benzene rings is 2. The molecule has 1 saturated carbocycles. The normalized spacial score (nSPS) is 18.6. The van der Waals surface area contributed by atoms with Crippen molar-refractivity contribution >= 4 is 11.9 Å². The maximum Gasteiger partial charge on any atom is 0.339 e. The number of carbonyl (C=O) groups is 2. The molecule has 0 spiro atoms. The highest BCUT2D eigenvalue weighted by molar-refractivity contribution is 5.94. The van der Waals surface area contributed by atoms with Crippen LogP contribution in [0.1, 0.15) is 86.2 Å². The number of aryl methyl sites for hydroxylation is 1. The van der Waals surface area contributed by atoms with E-state index < -0.39 is 11.6 Å². The Labute approximate surface area is 220 Å². The molecule has 1 atom stereocenters. The van der Waals surface area contributed by atoms with Crippen LogP contribution >= 0.6 is 0 Å². The summed E-state index contributed by atoms with van der Waals surface area (Å²) >= 11 is 0. The lowest BCUT2D eigenvalue weighted by atomic mass is 9.86. The molecule has 1 amide bonds. The Kier molecular flexibility index (Phi) is 8.91. The van der Waals surface area contributed by atoms with E-state index >= 15 is 0 Å². The molecule has 1 aliphatic heterocycles. The molecule has 2 fully saturated rings. The molecule has 1 saturated heterocycles. The molecule has 6 heteroatoms. The number of likely N-dealkylation sites (tertiary alicyclic amines) is 1. The van der Waals surface area contributed by atoms with Crippen molar-refractivity contribution in [3.05, 3.63) is 65.2 Å². The SMILES string of the molecule is CC(C)CCc1cccc(C2CCN(C(=O)c3cccc(OCC(O)(C(=O)O)C4CCCC4)c3)CC2)c1. The maximum atomic E-state index is 13.2. The predicted molar refractivity (Wildman–Crippen MR) is 144 cm³/mol. The van der Waals surface area contributed by atoms with E-state index in [1.54, 1.807) is 24.3 Å². The van der Waals surface area contributed by atoms with E-state index in [1.165, 1.54) is 17.5 Å². The van der Waals surface area contributed by atoms with E-state index in [0.717, 1.165) is 32.1 Å². The number of aliphatic hydroxyl groups is 1. The van der Waals surface area contributed by atoms with Gasteiger partial charge in [-0.05, 0) is 79.7 Å². The molecule has 37 heavy (non-hydrogen) atoms. The van der Waals surface area contributed by atoms with Crippen molar-refractivity contribution in [2.24, 2.45) is 11.8 Å². The summed E-state index contributed by atoms with van der Waals surface area (Å²) in [7, 11) is 0. The number of ether oxygens (including phenoxy) is 1. The van der Waals surface area contributed by atoms with E-state index in [9.17, 15) is 19.8 Å². The summed E-state index contributed by atoms with van der Waals surface area (Å²) < 4.78 is 5.74. The molecule has 1 heterocycles.